The molecule has 0 heterocycles. The van der Waals surface area contributed by atoms with Gasteiger partial charge in [-0.2, -0.15) is 0 Å². The molecule has 0 aliphatic rings. The van der Waals surface area contributed by atoms with Crippen molar-refractivity contribution in [3.05, 3.63) is 23.3 Å². The van der Waals surface area contributed by atoms with Gasteiger partial charge in [0.25, 0.3) is 8.32 Å². The molecule has 0 spiro atoms. The highest BCUT2D eigenvalue weighted by atomic mass is 28.4. The molecular weight excluding hydrogens is 270 g/mol. The standard InChI is InChI=1S/C15H25NO3Si/c1-10-11(14(17)18-5)8-9-12(16)13(10)19-20(6,7)15(2,3)4/h8-9H,16H2,1-7H3. The molecule has 1 rings (SSSR count). The first-order chi connectivity index (χ1) is 9.01. The first-order valence-corrected chi connectivity index (χ1v) is 9.58. The Labute approximate surface area is 122 Å². The number of nitrogen functional groups attached to an aromatic ring is 1. The highest BCUT2D eigenvalue weighted by Gasteiger charge is 2.39. The molecule has 5 heteroatoms. The second-order valence-electron chi connectivity index (χ2n) is 6.51. The van der Waals surface area contributed by atoms with Crippen LogP contribution in [0.25, 0.3) is 0 Å². The van der Waals surface area contributed by atoms with Crippen LogP contribution in [0.3, 0.4) is 0 Å². The van der Waals surface area contributed by atoms with Gasteiger partial charge in [-0.3, -0.25) is 0 Å². The summed E-state index contributed by atoms with van der Waals surface area (Å²) in [4.78, 5) is 11.8. The Kier molecular flexibility index (Phi) is 4.54. The lowest BCUT2D eigenvalue weighted by molar-refractivity contribution is 0.0599. The van der Waals surface area contributed by atoms with Crippen molar-refractivity contribution in [1.82, 2.24) is 0 Å². The van der Waals surface area contributed by atoms with Gasteiger partial charge >= 0.3 is 5.97 Å². The molecule has 0 saturated heterocycles. The van der Waals surface area contributed by atoms with E-state index in [-0.39, 0.29) is 11.0 Å². The average molecular weight is 295 g/mol. The molecule has 2 N–H and O–H groups in total. The maximum Gasteiger partial charge on any atom is 0.338 e. The summed E-state index contributed by atoms with van der Waals surface area (Å²) in [6.45, 7) is 12.6. The second kappa shape index (κ2) is 5.48. The third kappa shape index (κ3) is 3.15. The van der Waals surface area contributed by atoms with E-state index in [0.717, 1.165) is 5.56 Å². The Bertz CT molecular complexity index is 519. The van der Waals surface area contributed by atoms with Crippen LogP contribution in [0, 0.1) is 6.92 Å². The van der Waals surface area contributed by atoms with Crippen LogP contribution in [-0.2, 0) is 4.74 Å². The minimum Gasteiger partial charge on any atom is -0.542 e. The molecule has 0 aromatic heterocycles. The van der Waals surface area contributed by atoms with E-state index in [1.807, 2.05) is 6.92 Å². The zero-order chi connectivity index (χ0) is 15.7. The van der Waals surface area contributed by atoms with Gasteiger partial charge in [-0.1, -0.05) is 20.8 Å². The van der Waals surface area contributed by atoms with Gasteiger partial charge in [0.2, 0.25) is 0 Å². The summed E-state index contributed by atoms with van der Waals surface area (Å²) in [7, 11) is -0.641. The molecule has 0 aliphatic carbocycles. The molecule has 20 heavy (non-hydrogen) atoms. The highest BCUT2D eigenvalue weighted by Crippen LogP contribution is 2.40. The summed E-state index contributed by atoms with van der Waals surface area (Å²) in [5.41, 5.74) is 7.82. The van der Waals surface area contributed by atoms with Crippen molar-refractivity contribution in [3.63, 3.8) is 0 Å². The van der Waals surface area contributed by atoms with Gasteiger partial charge in [-0.05, 0) is 37.2 Å². The van der Waals surface area contributed by atoms with E-state index in [4.69, 9.17) is 14.9 Å². The van der Waals surface area contributed by atoms with Crippen molar-refractivity contribution >= 4 is 20.0 Å². The van der Waals surface area contributed by atoms with Crippen molar-refractivity contribution in [2.24, 2.45) is 0 Å². The molecule has 0 amide bonds. The lowest BCUT2D eigenvalue weighted by Crippen LogP contribution is -2.44. The fourth-order valence-electron chi connectivity index (χ4n) is 1.59. The number of ether oxygens (including phenoxy) is 1. The highest BCUT2D eigenvalue weighted by molar-refractivity contribution is 6.74. The molecule has 0 aliphatic heterocycles. The number of anilines is 1. The van der Waals surface area contributed by atoms with Crippen molar-refractivity contribution in [2.75, 3.05) is 12.8 Å². The fraction of sp³-hybridized carbons (Fsp3) is 0.533. The van der Waals surface area contributed by atoms with Crippen LogP contribution < -0.4 is 10.2 Å². The number of methoxy groups -OCH3 is 1. The SMILES string of the molecule is COC(=O)c1ccc(N)c(O[Si](C)(C)C(C)(C)C)c1C. The summed E-state index contributed by atoms with van der Waals surface area (Å²) in [6.07, 6.45) is 0. The van der Waals surface area contributed by atoms with Crippen LogP contribution >= 0.6 is 0 Å². The number of carbonyl (C=O) groups excluding carboxylic acids is 1. The Hall–Kier alpha value is -1.49. The lowest BCUT2D eigenvalue weighted by atomic mass is 10.1. The molecule has 0 radical (unpaired) electrons. The second-order valence-corrected chi connectivity index (χ2v) is 11.2. The topological polar surface area (TPSA) is 61.5 Å². The molecule has 0 saturated carbocycles. The normalized spacial score (nSPS) is 12.2. The van der Waals surface area contributed by atoms with Crippen molar-refractivity contribution < 1.29 is 14.0 Å². The maximum absolute atomic E-state index is 11.8. The van der Waals surface area contributed by atoms with E-state index in [1.54, 1.807) is 12.1 Å². The molecule has 0 fully saturated rings. The van der Waals surface area contributed by atoms with Gasteiger partial charge in [0, 0.05) is 5.56 Å². The van der Waals surface area contributed by atoms with Crippen LogP contribution in [0.5, 0.6) is 5.75 Å². The summed E-state index contributed by atoms with van der Waals surface area (Å²) >= 11 is 0. The first-order valence-electron chi connectivity index (χ1n) is 6.67. The molecule has 0 atom stereocenters. The third-order valence-electron chi connectivity index (χ3n) is 4.01. The van der Waals surface area contributed by atoms with Crippen molar-refractivity contribution in [3.8, 4) is 5.75 Å². The van der Waals surface area contributed by atoms with E-state index in [9.17, 15) is 4.79 Å². The quantitative estimate of drug-likeness (QED) is 0.524. The Balaban J connectivity index is 3.29. The van der Waals surface area contributed by atoms with Gasteiger partial charge in [0.05, 0.1) is 18.4 Å². The molecule has 112 valence electrons. The number of hydrogen-bond acceptors (Lipinski definition) is 4. The van der Waals surface area contributed by atoms with E-state index in [0.29, 0.717) is 17.0 Å². The van der Waals surface area contributed by atoms with E-state index < -0.39 is 8.32 Å². The fourth-order valence-corrected chi connectivity index (χ4v) is 2.67. The third-order valence-corrected chi connectivity index (χ3v) is 8.33. The van der Waals surface area contributed by atoms with Crippen molar-refractivity contribution in [2.45, 2.75) is 45.8 Å². The number of hydrogen-bond donors (Lipinski definition) is 1. The van der Waals surface area contributed by atoms with Crippen LogP contribution in [-0.4, -0.2) is 21.4 Å². The van der Waals surface area contributed by atoms with Crippen LogP contribution in [0.2, 0.25) is 18.1 Å². The average Bonchev–Trinajstić information content (AvgIpc) is 2.32. The van der Waals surface area contributed by atoms with E-state index >= 15 is 0 Å². The Morgan fingerprint density at radius 2 is 1.80 bits per heavy atom. The van der Waals surface area contributed by atoms with Gasteiger partial charge < -0.3 is 14.9 Å². The number of nitrogens with two attached hydrogens (primary N) is 1. The number of carbonyl (C=O) groups is 1. The largest absolute Gasteiger partial charge is 0.542 e. The summed E-state index contributed by atoms with van der Waals surface area (Å²) < 4.78 is 11.1. The van der Waals surface area contributed by atoms with Gasteiger partial charge in [0.1, 0.15) is 5.75 Å². The predicted octanol–water partition coefficient (Wildman–Crippen LogP) is 3.75. The zero-order valence-electron chi connectivity index (χ0n) is 13.5. The van der Waals surface area contributed by atoms with Gasteiger partial charge in [0.15, 0.2) is 0 Å². The Morgan fingerprint density at radius 1 is 1.25 bits per heavy atom. The monoisotopic (exact) mass is 295 g/mol. The number of rotatable bonds is 3. The smallest absolute Gasteiger partial charge is 0.338 e. The molecule has 1 aromatic carbocycles. The van der Waals surface area contributed by atoms with Crippen LogP contribution in [0.15, 0.2) is 12.1 Å². The lowest BCUT2D eigenvalue weighted by Gasteiger charge is -2.37. The molecule has 0 unspecified atom stereocenters. The summed E-state index contributed by atoms with van der Waals surface area (Å²) in [5.74, 6) is 0.238. The van der Waals surface area contributed by atoms with Gasteiger partial charge in [-0.25, -0.2) is 4.79 Å². The molecular formula is C15H25NO3Si. The number of benzene rings is 1. The predicted molar refractivity (Wildman–Crippen MR) is 84.8 cm³/mol. The minimum atomic E-state index is -2.01. The van der Waals surface area contributed by atoms with Crippen LogP contribution in [0.1, 0.15) is 36.7 Å². The molecule has 4 nitrogen and oxygen atoms in total. The number of esters is 1. The van der Waals surface area contributed by atoms with E-state index in [1.165, 1.54) is 7.11 Å². The van der Waals surface area contributed by atoms with Crippen molar-refractivity contribution in [1.29, 1.82) is 0 Å². The molecule has 0 bridgehead atoms. The van der Waals surface area contributed by atoms with Crippen LogP contribution in [0.4, 0.5) is 5.69 Å². The summed E-state index contributed by atoms with van der Waals surface area (Å²) in [5, 5.41) is 0.0626. The van der Waals surface area contributed by atoms with Gasteiger partial charge in [-0.15, -0.1) is 0 Å². The minimum absolute atomic E-state index is 0.0626. The zero-order valence-corrected chi connectivity index (χ0v) is 14.5. The van der Waals surface area contributed by atoms with E-state index in [2.05, 4.69) is 33.9 Å². The summed E-state index contributed by atoms with van der Waals surface area (Å²) in [6, 6.07) is 3.37. The Morgan fingerprint density at radius 3 is 2.25 bits per heavy atom. The maximum atomic E-state index is 11.8. The first kappa shape index (κ1) is 16.6. The molecule has 1 aromatic rings.